The second kappa shape index (κ2) is 13.4. The van der Waals surface area contributed by atoms with Crippen molar-refractivity contribution in [3.8, 4) is 23.5 Å². The minimum absolute atomic E-state index is 0.676. The molecule has 2 heterocycles. The van der Waals surface area contributed by atoms with Gasteiger partial charge in [0.05, 0.1) is 0 Å². The van der Waals surface area contributed by atoms with E-state index in [1.165, 1.54) is 106 Å². The van der Waals surface area contributed by atoms with Crippen LogP contribution in [0.15, 0.2) is 78.9 Å². The molecule has 2 atom stereocenters. The number of unbranched alkanes of at least 4 members (excludes halogenated alkanes) is 2. The quantitative estimate of drug-likeness (QED) is 0.120. The highest BCUT2D eigenvalue weighted by atomic mass is 15.0. The van der Waals surface area contributed by atoms with Gasteiger partial charge in [0, 0.05) is 62.3 Å². The Labute approximate surface area is 264 Å². The molecule has 0 saturated carbocycles. The second-order valence-corrected chi connectivity index (χ2v) is 12.9. The van der Waals surface area contributed by atoms with Crippen molar-refractivity contribution in [2.24, 2.45) is 11.8 Å². The Bertz CT molecular complexity index is 1940. The van der Waals surface area contributed by atoms with Crippen molar-refractivity contribution in [1.82, 2.24) is 9.13 Å². The summed E-state index contributed by atoms with van der Waals surface area (Å²) in [6, 6.07) is 29.7. The fourth-order valence-electron chi connectivity index (χ4n) is 7.35. The molecule has 0 fully saturated rings. The normalized spacial score (nSPS) is 13.2. The van der Waals surface area contributed by atoms with Crippen LogP contribution in [0.2, 0.25) is 0 Å². The molecule has 0 amide bonds. The number of fused-ring (bicyclic) bond motifs is 6. The summed E-state index contributed by atoms with van der Waals surface area (Å²) in [6.07, 6.45) is 16.0. The van der Waals surface area contributed by atoms with Gasteiger partial charge in [0.2, 0.25) is 0 Å². The van der Waals surface area contributed by atoms with Gasteiger partial charge in [-0.3, -0.25) is 0 Å². The summed E-state index contributed by atoms with van der Waals surface area (Å²) >= 11 is 0. The Balaban J connectivity index is 1.46. The molecular weight excluding hydrogens is 532 g/mol. The Morgan fingerprint density at radius 2 is 1.05 bits per heavy atom. The van der Waals surface area contributed by atoms with E-state index in [0.717, 1.165) is 18.7 Å². The minimum atomic E-state index is 0.676. The summed E-state index contributed by atoms with van der Waals surface area (Å²) in [7, 11) is 0. The molecule has 0 aliphatic rings. The molecule has 0 aliphatic carbocycles. The zero-order chi connectivity index (χ0) is 30.6. The molecule has 2 aromatic heterocycles. The zero-order valence-electron chi connectivity index (χ0n) is 27.2. The van der Waals surface area contributed by atoms with Crippen molar-refractivity contribution in [3.63, 3.8) is 0 Å². The largest absolute Gasteiger partial charge is 0.340 e. The maximum absolute atomic E-state index is 5.87. The third-order valence-corrected chi connectivity index (χ3v) is 10.1. The molecule has 0 aliphatic heterocycles. The molecular formula is C42H48N2. The van der Waals surface area contributed by atoms with E-state index in [-0.39, 0.29) is 0 Å². The van der Waals surface area contributed by atoms with E-state index in [1.54, 1.807) is 0 Å². The van der Waals surface area contributed by atoms with Gasteiger partial charge in [-0.1, -0.05) is 102 Å². The first-order valence-electron chi connectivity index (χ1n) is 17.1. The summed E-state index contributed by atoms with van der Waals surface area (Å²) in [5.74, 6) is 4.26. The number of terminal acetylenes is 1. The zero-order valence-corrected chi connectivity index (χ0v) is 27.2. The molecule has 0 N–H and O–H groups in total. The molecule has 2 heteroatoms. The van der Waals surface area contributed by atoms with Gasteiger partial charge >= 0.3 is 0 Å². The average molecular weight is 581 g/mol. The van der Waals surface area contributed by atoms with Crippen LogP contribution in [0, 0.1) is 24.2 Å². The molecule has 0 bridgehead atoms. The van der Waals surface area contributed by atoms with E-state index < -0.39 is 0 Å². The predicted molar refractivity (Wildman–Crippen MR) is 192 cm³/mol. The first-order chi connectivity index (χ1) is 21.6. The maximum atomic E-state index is 5.87. The van der Waals surface area contributed by atoms with Gasteiger partial charge in [-0.2, -0.15) is 0 Å². The van der Waals surface area contributed by atoms with Gasteiger partial charge in [0.1, 0.15) is 0 Å². The van der Waals surface area contributed by atoms with Crippen LogP contribution in [0.1, 0.15) is 84.6 Å². The van der Waals surface area contributed by atoms with Crippen molar-refractivity contribution < 1.29 is 0 Å². The van der Waals surface area contributed by atoms with Crippen LogP contribution in [0.3, 0.4) is 0 Å². The van der Waals surface area contributed by atoms with Crippen molar-refractivity contribution in [3.05, 3.63) is 84.4 Å². The van der Waals surface area contributed by atoms with E-state index in [2.05, 4.69) is 122 Å². The Morgan fingerprint density at radius 1 is 0.568 bits per heavy atom. The first-order valence-corrected chi connectivity index (χ1v) is 17.1. The van der Waals surface area contributed by atoms with Gasteiger partial charge in [0.15, 0.2) is 0 Å². The van der Waals surface area contributed by atoms with E-state index >= 15 is 0 Å². The second-order valence-electron chi connectivity index (χ2n) is 12.9. The number of rotatable bonds is 13. The van der Waals surface area contributed by atoms with Crippen LogP contribution in [0.4, 0.5) is 0 Å². The lowest BCUT2D eigenvalue weighted by atomic mass is 9.99. The molecule has 226 valence electrons. The van der Waals surface area contributed by atoms with Crippen LogP contribution in [-0.4, -0.2) is 9.13 Å². The van der Waals surface area contributed by atoms with Gasteiger partial charge in [0.25, 0.3) is 0 Å². The summed E-state index contributed by atoms with van der Waals surface area (Å²) in [5, 5.41) is 5.26. The highest BCUT2D eigenvalue weighted by Crippen LogP contribution is 2.37. The van der Waals surface area contributed by atoms with E-state index in [9.17, 15) is 0 Å². The molecule has 6 rings (SSSR count). The predicted octanol–water partition coefficient (Wildman–Crippen LogP) is 12.0. The molecule has 44 heavy (non-hydrogen) atoms. The number of benzene rings is 4. The number of hydrogen-bond acceptors (Lipinski definition) is 0. The summed E-state index contributed by atoms with van der Waals surface area (Å²) in [5.41, 5.74) is 8.76. The van der Waals surface area contributed by atoms with Crippen molar-refractivity contribution >= 4 is 43.6 Å². The molecule has 6 aromatic rings. The van der Waals surface area contributed by atoms with Crippen LogP contribution in [0.5, 0.6) is 0 Å². The van der Waals surface area contributed by atoms with Crippen LogP contribution in [-0.2, 0) is 13.1 Å². The molecule has 0 saturated heterocycles. The average Bonchev–Trinajstić information content (AvgIpc) is 3.55. The van der Waals surface area contributed by atoms with Crippen molar-refractivity contribution in [2.75, 3.05) is 0 Å². The van der Waals surface area contributed by atoms with Gasteiger partial charge in [-0.25, -0.2) is 0 Å². The molecule has 2 nitrogen and oxygen atoms in total. The lowest BCUT2D eigenvalue weighted by molar-refractivity contribution is 0.401. The third kappa shape index (κ3) is 5.66. The SMILES string of the molecule is C#Cc1ccc2c(c1)c1cc(-c3ccc4c(c3)c3ccccc3n4CC(CC)CCCC)ccc1n2CC(CC)CCCC. The Morgan fingerprint density at radius 3 is 1.57 bits per heavy atom. The lowest BCUT2D eigenvalue weighted by Crippen LogP contribution is -2.10. The Kier molecular flexibility index (Phi) is 9.13. The van der Waals surface area contributed by atoms with Crippen LogP contribution < -0.4 is 0 Å². The van der Waals surface area contributed by atoms with Gasteiger partial charge in [-0.05, 0) is 84.3 Å². The summed E-state index contributed by atoms with van der Waals surface area (Å²) < 4.78 is 5.14. The standard InChI is InChI=1S/C42H48N2/c1-6-11-15-31(9-4)28-43-39-18-14-13-17-35(39)37-26-33(20-23-41(37)43)34-21-24-42-38(27-34)36-25-30(8-3)19-22-40(36)44(42)29-32(10-5)16-12-7-2/h3,13-14,17-27,31-32H,6-7,9-12,15-16,28-29H2,1-2,4-5H3. The monoisotopic (exact) mass is 580 g/mol. The van der Waals surface area contributed by atoms with Gasteiger partial charge < -0.3 is 9.13 Å². The van der Waals surface area contributed by atoms with E-state index in [0.29, 0.717) is 11.8 Å². The molecule has 2 unspecified atom stereocenters. The van der Waals surface area contributed by atoms with E-state index in [1.807, 2.05) is 0 Å². The molecule has 4 aromatic carbocycles. The van der Waals surface area contributed by atoms with E-state index in [4.69, 9.17) is 6.42 Å². The Hall–Kier alpha value is -3.96. The van der Waals surface area contributed by atoms with Crippen molar-refractivity contribution in [2.45, 2.75) is 92.2 Å². The lowest BCUT2D eigenvalue weighted by Gasteiger charge is -2.17. The summed E-state index contributed by atoms with van der Waals surface area (Å²) in [4.78, 5) is 0. The molecule has 0 radical (unpaired) electrons. The number of nitrogens with zero attached hydrogens (tertiary/aromatic N) is 2. The number of hydrogen-bond donors (Lipinski definition) is 0. The smallest absolute Gasteiger partial charge is 0.0492 e. The fourth-order valence-corrected chi connectivity index (χ4v) is 7.35. The third-order valence-electron chi connectivity index (χ3n) is 10.1. The highest BCUT2D eigenvalue weighted by molar-refractivity contribution is 6.11. The fraction of sp³-hybridized carbons (Fsp3) is 0.381. The molecule has 0 spiro atoms. The summed E-state index contributed by atoms with van der Waals surface area (Å²) in [6.45, 7) is 11.4. The minimum Gasteiger partial charge on any atom is -0.340 e. The number of para-hydroxylation sites is 1. The van der Waals surface area contributed by atoms with Crippen LogP contribution >= 0.6 is 0 Å². The van der Waals surface area contributed by atoms with Crippen molar-refractivity contribution in [1.29, 1.82) is 0 Å². The topological polar surface area (TPSA) is 9.86 Å². The van der Waals surface area contributed by atoms with Crippen LogP contribution in [0.25, 0.3) is 54.7 Å². The maximum Gasteiger partial charge on any atom is 0.0492 e. The first kappa shape index (κ1) is 30.1. The van der Waals surface area contributed by atoms with Gasteiger partial charge in [-0.15, -0.1) is 6.42 Å². The highest BCUT2D eigenvalue weighted by Gasteiger charge is 2.18. The number of aromatic nitrogens is 2.